The number of Topliss-reactive ketones (excluding diaryl/α,β-unsaturated/α-hetero) is 1. The third-order valence-electron chi connectivity index (χ3n) is 3.89. The lowest BCUT2D eigenvalue weighted by molar-refractivity contribution is -0.149. The molecule has 1 aliphatic rings. The molecule has 0 heterocycles. The molecule has 2 unspecified atom stereocenters. The fourth-order valence-corrected chi connectivity index (χ4v) is 2.92. The molecule has 0 spiro atoms. The maximum absolute atomic E-state index is 12.4. The smallest absolute Gasteiger partial charge is 0.310 e. The molecular weight excluding hydrogens is 296 g/mol. The van der Waals surface area contributed by atoms with Crippen molar-refractivity contribution < 1.29 is 14.7 Å². The molecule has 3 nitrogen and oxygen atoms in total. The van der Waals surface area contributed by atoms with Crippen LogP contribution in [0.4, 0.5) is 0 Å². The minimum absolute atomic E-state index is 0.0510. The van der Waals surface area contributed by atoms with Gasteiger partial charge in [-0.25, -0.2) is 0 Å². The summed E-state index contributed by atoms with van der Waals surface area (Å²) >= 11 is 3.32. The maximum atomic E-state index is 12.4. The summed E-state index contributed by atoms with van der Waals surface area (Å²) in [5.41, 5.74) is -0.318. The van der Waals surface area contributed by atoms with Gasteiger partial charge in [0.05, 0.1) is 5.41 Å². The molecule has 0 bridgehead atoms. The van der Waals surface area contributed by atoms with Crippen LogP contribution in [0.15, 0.2) is 28.7 Å². The number of aliphatic carboxylic acids is 1. The second-order valence-electron chi connectivity index (χ2n) is 5.04. The topological polar surface area (TPSA) is 54.4 Å². The van der Waals surface area contributed by atoms with Gasteiger partial charge in [-0.2, -0.15) is 0 Å². The van der Waals surface area contributed by atoms with Gasteiger partial charge in [-0.15, -0.1) is 0 Å². The Morgan fingerprint density at radius 2 is 1.94 bits per heavy atom. The van der Waals surface area contributed by atoms with E-state index in [4.69, 9.17) is 0 Å². The molecular formula is C14H15BrO3. The van der Waals surface area contributed by atoms with Crippen molar-refractivity contribution in [2.45, 2.75) is 26.2 Å². The van der Waals surface area contributed by atoms with Crippen molar-refractivity contribution in [2.75, 3.05) is 0 Å². The van der Waals surface area contributed by atoms with E-state index in [9.17, 15) is 14.7 Å². The second kappa shape index (κ2) is 4.84. The molecule has 0 aromatic heterocycles. The molecule has 1 aliphatic carbocycles. The van der Waals surface area contributed by atoms with Gasteiger partial charge in [-0.1, -0.05) is 34.5 Å². The fourth-order valence-electron chi connectivity index (χ4n) is 2.66. The molecule has 2 atom stereocenters. The van der Waals surface area contributed by atoms with Gasteiger partial charge in [-0.05, 0) is 31.9 Å². The Balaban J connectivity index is 2.28. The molecule has 1 aromatic carbocycles. The van der Waals surface area contributed by atoms with Crippen molar-refractivity contribution in [1.29, 1.82) is 0 Å². The summed E-state index contributed by atoms with van der Waals surface area (Å²) in [5, 5.41) is 9.32. The zero-order chi connectivity index (χ0) is 13.3. The third-order valence-corrected chi connectivity index (χ3v) is 4.42. The number of carbonyl (C=O) groups is 2. The number of hydrogen-bond donors (Lipinski definition) is 1. The Morgan fingerprint density at radius 3 is 2.50 bits per heavy atom. The molecule has 0 amide bonds. The fraction of sp³-hybridized carbons (Fsp3) is 0.429. The maximum Gasteiger partial charge on any atom is 0.310 e. The highest BCUT2D eigenvalue weighted by atomic mass is 79.9. The van der Waals surface area contributed by atoms with Gasteiger partial charge < -0.3 is 5.11 Å². The van der Waals surface area contributed by atoms with Crippen LogP contribution in [0.2, 0.25) is 0 Å². The minimum atomic E-state index is -0.913. The van der Waals surface area contributed by atoms with Gasteiger partial charge in [0.25, 0.3) is 0 Å². The van der Waals surface area contributed by atoms with E-state index in [1.165, 1.54) is 0 Å². The average molecular weight is 311 g/mol. The van der Waals surface area contributed by atoms with Gasteiger partial charge >= 0.3 is 5.97 Å². The van der Waals surface area contributed by atoms with Crippen LogP contribution in [0.25, 0.3) is 0 Å². The van der Waals surface area contributed by atoms with Crippen LogP contribution in [0.5, 0.6) is 0 Å². The van der Waals surface area contributed by atoms with E-state index in [2.05, 4.69) is 15.9 Å². The number of ketones is 1. The van der Waals surface area contributed by atoms with Crippen LogP contribution in [-0.2, 0) is 4.79 Å². The van der Waals surface area contributed by atoms with E-state index in [1.807, 2.05) is 0 Å². The average Bonchev–Trinajstić information content (AvgIpc) is 2.73. The Bertz CT molecular complexity index is 480. The van der Waals surface area contributed by atoms with E-state index in [-0.39, 0.29) is 5.78 Å². The van der Waals surface area contributed by atoms with Crippen LogP contribution < -0.4 is 0 Å². The van der Waals surface area contributed by atoms with Gasteiger partial charge in [0, 0.05) is 16.0 Å². The SMILES string of the molecule is CC1(C(=O)O)CCCC1C(=O)c1ccc(Br)cc1. The zero-order valence-electron chi connectivity index (χ0n) is 10.1. The summed E-state index contributed by atoms with van der Waals surface area (Å²) in [4.78, 5) is 23.8. The first kappa shape index (κ1) is 13.3. The Morgan fingerprint density at radius 1 is 1.33 bits per heavy atom. The van der Waals surface area contributed by atoms with Crippen molar-refractivity contribution in [3.8, 4) is 0 Å². The number of halogens is 1. The predicted octanol–water partition coefficient (Wildman–Crippen LogP) is 3.52. The van der Waals surface area contributed by atoms with E-state index in [0.29, 0.717) is 18.4 Å². The van der Waals surface area contributed by atoms with E-state index in [0.717, 1.165) is 10.9 Å². The summed E-state index contributed by atoms with van der Waals surface area (Å²) in [7, 11) is 0. The highest BCUT2D eigenvalue weighted by molar-refractivity contribution is 9.10. The molecule has 1 N–H and O–H groups in total. The molecule has 1 saturated carbocycles. The largest absolute Gasteiger partial charge is 0.481 e. The summed E-state index contributed by atoms with van der Waals surface area (Å²) in [5.74, 6) is -1.32. The molecule has 0 radical (unpaired) electrons. The van der Waals surface area contributed by atoms with Crippen molar-refractivity contribution >= 4 is 27.7 Å². The van der Waals surface area contributed by atoms with E-state index >= 15 is 0 Å². The second-order valence-corrected chi connectivity index (χ2v) is 5.95. The summed E-state index contributed by atoms with van der Waals surface area (Å²) in [6, 6.07) is 7.10. The molecule has 2 rings (SSSR count). The molecule has 18 heavy (non-hydrogen) atoms. The molecule has 0 saturated heterocycles. The number of rotatable bonds is 3. The van der Waals surface area contributed by atoms with Gasteiger partial charge in [-0.3, -0.25) is 9.59 Å². The number of carboxylic acids is 1. The van der Waals surface area contributed by atoms with Crippen molar-refractivity contribution in [1.82, 2.24) is 0 Å². The first-order valence-electron chi connectivity index (χ1n) is 5.98. The van der Waals surface area contributed by atoms with Gasteiger partial charge in [0.2, 0.25) is 0 Å². The summed E-state index contributed by atoms with van der Waals surface area (Å²) in [6.07, 6.45) is 2.04. The van der Waals surface area contributed by atoms with Gasteiger partial charge in [0.15, 0.2) is 5.78 Å². The summed E-state index contributed by atoms with van der Waals surface area (Å²) < 4.78 is 0.909. The van der Waals surface area contributed by atoms with Gasteiger partial charge in [0.1, 0.15) is 0 Å². The van der Waals surface area contributed by atoms with Crippen molar-refractivity contribution in [3.63, 3.8) is 0 Å². The Labute approximate surface area is 114 Å². The van der Waals surface area contributed by atoms with E-state index in [1.54, 1.807) is 31.2 Å². The lowest BCUT2D eigenvalue weighted by Crippen LogP contribution is -2.36. The Kier molecular flexibility index (Phi) is 3.57. The summed E-state index contributed by atoms with van der Waals surface area (Å²) in [6.45, 7) is 1.68. The Hall–Kier alpha value is -1.16. The van der Waals surface area contributed by atoms with Crippen LogP contribution in [0.1, 0.15) is 36.5 Å². The quantitative estimate of drug-likeness (QED) is 0.869. The number of carbonyl (C=O) groups excluding carboxylic acids is 1. The highest BCUT2D eigenvalue weighted by Gasteiger charge is 2.48. The van der Waals surface area contributed by atoms with E-state index < -0.39 is 17.3 Å². The van der Waals surface area contributed by atoms with Crippen molar-refractivity contribution in [2.24, 2.45) is 11.3 Å². The molecule has 4 heteroatoms. The monoisotopic (exact) mass is 310 g/mol. The van der Waals surface area contributed by atoms with Crippen LogP contribution in [-0.4, -0.2) is 16.9 Å². The molecule has 0 aliphatic heterocycles. The lowest BCUT2D eigenvalue weighted by atomic mass is 9.76. The lowest BCUT2D eigenvalue weighted by Gasteiger charge is -2.25. The third kappa shape index (κ3) is 2.21. The molecule has 1 fully saturated rings. The highest BCUT2D eigenvalue weighted by Crippen LogP contribution is 2.44. The predicted molar refractivity (Wildman–Crippen MR) is 71.6 cm³/mol. The first-order valence-corrected chi connectivity index (χ1v) is 6.77. The number of hydrogen-bond acceptors (Lipinski definition) is 2. The van der Waals surface area contributed by atoms with Crippen LogP contribution in [0.3, 0.4) is 0 Å². The molecule has 96 valence electrons. The number of carboxylic acid groups (broad SMARTS) is 1. The standard InChI is InChI=1S/C14H15BrO3/c1-14(13(17)18)8-2-3-11(14)12(16)9-4-6-10(15)7-5-9/h4-7,11H,2-3,8H2,1H3,(H,17,18). The normalized spacial score (nSPS) is 27.1. The van der Waals surface area contributed by atoms with Crippen LogP contribution in [0, 0.1) is 11.3 Å². The first-order chi connectivity index (χ1) is 8.45. The van der Waals surface area contributed by atoms with Crippen molar-refractivity contribution in [3.05, 3.63) is 34.3 Å². The molecule has 1 aromatic rings. The van der Waals surface area contributed by atoms with Crippen LogP contribution >= 0.6 is 15.9 Å². The zero-order valence-corrected chi connectivity index (χ0v) is 11.7. The minimum Gasteiger partial charge on any atom is -0.481 e. The number of benzene rings is 1.